The number of aliphatic hydroxyl groups excluding tert-OH is 1. The van der Waals surface area contributed by atoms with E-state index in [1.165, 1.54) is 4.88 Å². The van der Waals surface area contributed by atoms with Gasteiger partial charge in [0.15, 0.2) is 0 Å². The van der Waals surface area contributed by atoms with Crippen molar-refractivity contribution in [1.82, 2.24) is 10.6 Å². The highest BCUT2D eigenvalue weighted by Crippen LogP contribution is 2.18. The fourth-order valence-corrected chi connectivity index (χ4v) is 2.45. The van der Waals surface area contributed by atoms with E-state index in [0.29, 0.717) is 19.5 Å². The minimum atomic E-state index is -0.409. The van der Waals surface area contributed by atoms with Crippen molar-refractivity contribution in [2.45, 2.75) is 33.1 Å². The van der Waals surface area contributed by atoms with Gasteiger partial charge in [-0.2, -0.15) is 0 Å². The minimum Gasteiger partial charge on any atom is -0.396 e. The zero-order valence-corrected chi connectivity index (χ0v) is 13.5. The Morgan fingerprint density at radius 2 is 1.90 bits per heavy atom. The first-order valence-electron chi connectivity index (χ1n) is 7.09. The molecule has 0 fully saturated rings. The van der Waals surface area contributed by atoms with Crippen molar-refractivity contribution in [3.05, 3.63) is 22.4 Å². The van der Waals surface area contributed by atoms with Gasteiger partial charge in [-0.15, -0.1) is 11.3 Å². The van der Waals surface area contributed by atoms with Crippen molar-refractivity contribution < 1.29 is 14.7 Å². The van der Waals surface area contributed by atoms with E-state index in [4.69, 9.17) is 5.11 Å². The third-order valence-corrected chi connectivity index (χ3v) is 3.95. The summed E-state index contributed by atoms with van der Waals surface area (Å²) in [4.78, 5) is 24.4. The molecule has 0 atom stereocenters. The van der Waals surface area contributed by atoms with Crippen LogP contribution in [-0.2, 0) is 16.0 Å². The van der Waals surface area contributed by atoms with Crippen LogP contribution in [0.5, 0.6) is 0 Å². The van der Waals surface area contributed by atoms with Crippen LogP contribution in [0.3, 0.4) is 0 Å². The van der Waals surface area contributed by atoms with E-state index in [1.54, 1.807) is 11.3 Å². The second-order valence-corrected chi connectivity index (χ2v) is 6.81. The van der Waals surface area contributed by atoms with Gasteiger partial charge in [0.25, 0.3) is 0 Å². The molecular weight excluding hydrogens is 288 g/mol. The van der Waals surface area contributed by atoms with Crippen molar-refractivity contribution in [3.8, 4) is 0 Å². The molecule has 0 bridgehead atoms. The molecule has 0 aliphatic carbocycles. The molecule has 118 valence electrons. The van der Waals surface area contributed by atoms with Crippen LogP contribution in [0.15, 0.2) is 17.5 Å². The maximum absolute atomic E-state index is 11.6. The standard InChI is InChI=1S/C15H24N2O3S/c1-15(2,11-18)10-14(20)17-8-7-16-13(19)6-5-12-4-3-9-21-12/h3-4,9,18H,5-8,10-11H2,1-2H3,(H,16,19)(H,17,20). The van der Waals surface area contributed by atoms with Crippen molar-refractivity contribution in [2.75, 3.05) is 19.7 Å². The van der Waals surface area contributed by atoms with Gasteiger partial charge in [-0.1, -0.05) is 19.9 Å². The fourth-order valence-electron chi connectivity index (χ4n) is 1.74. The molecule has 0 saturated carbocycles. The third-order valence-electron chi connectivity index (χ3n) is 3.02. The summed E-state index contributed by atoms with van der Waals surface area (Å²) >= 11 is 1.65. The van der Waals surface area contributed by atoms with Crippen LogP contribution in [0.2, 0.25) is 0 Å². The second kappa shape index (κ2) is 8.79. The van der Waals surface area contributed by atoms with Crippen molar-refractivity contribution in [1.29, 1.82) is 0 Å². The Bertz CT molecular complexity index is 444. The summed E-state index contributed by atoms with van der Waals surface area (Å²) in [5.41, 5.74) is -0.409. The first-order chi connectivity index (χ1) is 9.93. The summed E-state index contributed by atoms with van der Waals surface area (Å²) in [6.07, 6.45) is 1.49. The van der Waals surface area contributed by atoms with E-state index in [1.807, 2.05) is 31.4 Å². The topological polar surface area (TPSA) is 78.4 Å². The summed E-state index contributed by atoms with van der Waals surface area (Å²) in [6, 6.07) is 3.99. The first kappa shape index (κ1) is 17.7. The van der Waals surface area contributed by atoms with Crippen LogP contribution in [-0.4, -0.2) is 36.6 Å². The molecule has 1 aromatic rings. The van der Waals surface area contributed by atoms with Crippen molar-refractivity contribution in [2.24, 2.45) is 5.41 Å². The smallest absolute Gasteiger partial charge is 0.220 e. The predicted octanol–water partition coefficient (Wildman–Crippen LogP) is 1.32. The molecule has 0 aliphatic heterocycles. The van der Waals surface area contributed by atoms with E-state index in [2.05, 4.69) is 10.6 Å². The highest BCUT2D eigenvalue weighted by Gasteiger charge is 2.20. The monoisotopic (exact) mass is 312 g/mol. The van der Waals surface area contributed by atoms with Gasteiger partial charge in [-0.3, -0.25) is 9.59 Å². The Kier molecular flexibility index (Phi) is 7.39. The normalized spacial score (nSPS) is 11.2. The van der Waals surface area contributed by atoms with E-state index in [9.17, 15) is 9.59 Å². The number of carbonyl (C=O) groups excluding carboxylic acids is 2. The fraction of sp³-hybridized carbons (Fsp3) is 0.600. The van der Waals surface area contributed by atoms with Crippen LogP contribution in [0.4, 0.5) is 0 Å². The number of amides is 2. The lowest BCUT2D eigenvalue weighted by atomic mass is 9.90. The Morgan fingerprint density at radius 3 is 2.48 bits per heavy atom. The average molecular weight is 312 g/mol. The van der Waals surface area contributed by atoms with Gasteiger partial charge in [0, 0.05) is 37.4 Å². The van der Waals surface area contributed by atoms with Gasteiger partial charge in [0.2, 0.25) is 11.8 Å². The number of nitrogens with one attached hydrogen (secondary N) is 2. The Labute approximate surface area is 129 Å². The molecule has 1 rings (SSSR count). The van der Waals surface area contributed by atoms with Crippen LogP contribution in [0.25, 0.3) is 0 Å². The minimum absolute atomic E-state index is 0.00617. The summed E-state index contributed by atoms with van der Waals surface area (Å²) in [5, 5.41) is 16.6. The van der Waals surface area contributed by atoms with Gasteiger partial charge in [-0.05, 0) is 23.3 Å². The highest BCUT2D eigenvalue weighted by molar-refractivity contribution is 7.09. The first-order valence-corrected chi connectivity index (χ1v) is 7.97. The summed E-state index contributed by atoms with van der Waals surface area (Å²) in [6.45, 7) is 4.47. The molecule has 0 unspecified atom stereocenters. The van der Waals surface area contributed by atoms with Gasteiger partial charge in [-0.25, -0.2) is 0 Å². The molecule has 0 spiro atoms. The van der Waals surface area contributed by atoms with E-state index in [-0.39, 0.29) is 24.8 Å². The summed E-state index contributed by atoms with van der Waals surface area (Å²) < 4.78 is 0. The van der Waals surface area contributed by atoms with E-state index < -0.39 is 5.41 Å². The van der Waals surface area contributed by atoms with Crippen LogP contribution >= 0.6 is 11.3 Å². The van der Waals surface area contributed by atoms with Crippen LogP contribution in [0.1, 0.15) is 31.6 Å². The van der Waals surface area contributed by atoms with E-state index >= 15 is 0 Å². The number of rotatable bonds is 9. The van der Waals surface area contributed by atoms with Crippen LogP contribution < -0.4 is 10.6 Å². The summed E-state index contributed by atoms with van der Waals surface area (Å²) in [5.74, 6) is -0.116. The number of aryl methyl sites for hydroxylation is 1. The summed E-state index contributed by atoms with van der Waals surface area (Å²) in [7, 11) is 0. The molecule has 3 N–H and O–H groups in total. The lowest BCUT2D eigenvalue weighted by molar-refractivity contribution is -0.124. The second-order valence-electron chi connectivity index (χ2n) is 5.78. The number of carbonyl (C=O) groups is 2. The molecule has 1 heterocycles. The molecule has 0 aliphatic rings. The Balaban J connectivity index is 2.08. The zero-order valence-electron chi connectivity index (χ0n) is 12.6. The molecular formula is C15H24N2O3S. The van der Waals surface area contributed by atoms with Crippen molar-refractivity contribution >= 4 is 23.2 Å². The lowest BCUT2D eigenvalue weighted by Crippen LogP contribution is -2.36. The number of aliphatic hydroxyl groups is 1. The van der Waals surface area contributed by atoms with E-state index in [0.717, 1.165) is 6.42 Å². The third kappa shape index (κ3) is 7.82. The SMILES string of the molecule is CC(C)(CO)CC(=O)NCCNC(=O)CCc1cccs1. The Hall–Kier alpha value is -1.40. The maximum Gasteiger partial charge on any atom is 0.220 e. The predicted molar refractivity (Wildman–Crippen MR) is 84.1 cm³/mol. The van der Waals surface area contributed by atoms with Gasteiger partial charge < -0.3 is 15.7 Å². The molecule has 6 heteroatoms. The van der Waals surface area contributed by atoms with Gasteiger partial charge >= 0.3 is 0 Å². The quantitative estimate of drug-likeness (QED) is 0.602. The molecule has 2 amide bonds. The average Bonchev–Trinajstić information content (AvgIpc) is 2.94. The van der Waals surface area contributed by atoms with Gasteiger partial charge in [0.1, 0.15) is 0 Å². The number of hydrogen-bond donors (Lipinski definition) is 3. The maximum atomic E-state index is 11.6. The molecule has 21 heavy (non-hydrogen) atoms. The molecule has 0 aromatic carbocycles. The number of thiophene rings is 1. The largest absolute Gasteiger partial charge is 0.396 e. The zero-order chi connectivity index (χ0) is 15.7. The van der Waals surface area contributed by atoms with Crippen LogP contribution in [0, 0.1) is 5.41 Å². The Morgan fingerprint density at radius 1 is 1.24 bits per heavy atom. The van der Waals surface area contributed by atoms with Crippen molar-refractivity contribution in [3.63, 3.8) is 0 Å². The highest BCUT2D eigenvalue weighted by atomic mass is 32.1. The molecule has 1 aromatic heterocycles. The van der Waals surface area contributed by atoms with Gasteiger partial charge in [0.05, 0.1) is 0 Å². The molecule has 5 nitrogen and oxygen atoms in total. The molecule has 0 saturated heterocycles. The lowest BCUT2D eigenvalue weighted by Gasteiger charge is -2.20. The number of hydrogen-bond acceptors (Lipinski definition) is 4. The molecule has 0 radical (unpaired) electrons.